The second-order valence-corrected chi connectivity index (χ2v) is 6.19. The van der Waals surface area contributed by atoms with Gasteiger partial charge < -0.3 is 9.52 Å². The van der Waals surface area contributed by atoms with Crippen molar-refractivity contribution >= 4 is 5.97 Å². The monoisotopic (exact) mass is 356 g/mol. The quantitative estimate of drug-likeness (QED) is 0.552. The van der Waals surface area contributed by atoms with Crippen LogP contribution in [0, 0.1) is 6.92 Å². The number of aromatic nitrogens is 2. The molecule has 0 aliphatic carbocycles. The van der Waals surface area contributed by atoms with Gasteiger partial charge in [0.15, 0.2) is 5.82 Å². The van der Waals surface area contributed by atoms with Crippen LogP contribution in [0.4, 0.5) is 0 Å². The van der Waals surface area contributed by atoms with Gasteiger partial charge in [-0.2, -0.15) is 0 Å². The van der Waals surface area contributed by atoms with Gasteiger partial charge in [-0.1, -0.05) is 30.3 Å². The molecule has 0 bridgehead atoms. The zero-order chi connectivity index (χ0) is 18.8. The summed E-state index contributed by atoms with van der Waals surface area (Å²) in [6.07, 6.45) is 4.96. The van der Waals surface area contributed by atoms with Crippen molar-refractivity contribution < 1.29 is 14.3 Å². The molecule has 5 nitrogen and oxygen atoms in total. The standard InChI is InChI=1S/C22H16N2O3/c1-14-5-6-16(12-19(14)22(25)26)15-3-2-4-17(11-15)21-23-9-7-20(24-21)18-8-10-27-13-18/h2-13H,1H3,(H,25,26). The van der Waals surface area contributed by atoms with Crippen molar-refractivity contribution in [3.8, 4) is 33.8 Å². The minimum Gasteiger partial charge on any atom is -0.478 e. The average molecular weight is 356 g/mol. The molecule has 0 aliphatic heterocycles. The van der Waals surface area contributed by atoms with Crippen LogP contribution in [-0.2, 0) is 0 Å². The van der Waals surface area contributed by atoms with Gasteiger partial charge in [0, 0.05) is 17.3 Å². The van der Waals surface area contributed by atoms with E-state index in [-0.39, 0.29) is 0 Å². The van der Waals surface area contributed by atoms with E-state index in [1.807, 2.05) is 48.5 Å². The second-order valence-electron chi connectivity index (χ2n) is 6.19. The van der Waals surface area contributed by atoms with Crippen molar-refractivity contribution in [2.45, 2.75) is 6.92 Å². The average Bonchev–Trinajstić information content (AvgIpc) is 3.23. The molecule has 0 saturated carbocycles. The van der Waals surface area contributed by atoms with Crippen LogP contribution in [0.5, 0.6) is 0 Å². The first-order valence-electron chi connectivity index (χ1n) is 8.42. The summed E-state index contributed by atoms with van der Waals surface area (Å²) in [5, 5.41) is 9.36. The van der Waals surface area contributed by atoms with Gasteiger partial charge in [-0.05, 0) is 47.9 Å². The number of hydrogen-bond acceptors (Lipinski definition) is 4. The molecular weight excluding hydrogens is 340 g/mol. The second kappa shape index (κ2) is 6.88. The first-order valence-corrected chi connectivity index (χ1v) is 8.42. The molecule has 0 aliphatic rings. The van der Waals surface area contributed by atoms with Crippen LogP contribution in [0.3, 0.4) is 0 Å². The molecule has 1 N–H and O–H groups in total. The van der Waals surface area contributed by atoms with Crippen molar-refractivity contribution in [1.29, 1.82) is 0 Å². The third kappa shape index (κ3) is 3.35. The van der Waals surface area contributed by atoms with Gasteiger partial charge in [0.1, 0.15) is 0 Å². The minimum atomic E-state index is -0.929. The molecular formula is C22H16N2O3. The Morgan fingerprint density at radius 2 is 1.78 bits per heavy atom. The first kappa shape index (κ1) is 16.7. The topological polar surface area (TPSA) is 76.2 Å². The molecule has 2 aromatic carbocycles. The zero-order valence-corrected chi connectivity index (χ0v) is 14.6. The summed E-state index contributed by atoms with van der Waals surface area (Å²) in [6, 6.07) is 16.9. The van der Waals surface area contributed by atoms with Crippen LogP contribution in [-0.4, -0.2) is 21.0 Å². The molecule has 4 rings (SSSR count). The number of aryl methyl sites for hydroxylation is 1. The molecule has 0 unspecified atom stereocenters. The van der Waals surface area contributed by atoms with Crippen LogP contribution in [0.1, 0.15) is 15.9 Å². The van der Waals surface area contributed by atoms with Crippen molar-refractivity contribution in [1.82, 2.24) is 9.97 Å². The maximum atomic E-state index is 11.4. The number of carbonyl (C=O) groups is 1. The van der Waals surface area contributed by atoms with E-state index < -0.39 is 5.97 Å². The fourth-order valence-corrected chi connectivity index (χ4v) is 2.94. The SMILES string of the molecule is Cc1ccc(-c2cccc(-c3nccc(-c4ccoc4)n3)c2)cc1C(=O)O. The number of nitrogens with zero attached hydrogens (tertiary/aromatic N) is 2. The molecule has 0 saturated heterocycles. The molecule has 0 fully saturated rings. The lowest BCUT2D eigenvalue weighted by Crippen LogP contribution is -1.99. The van der Waals surface area contributed by atoms with Crippen molar-refractivity contribution in [2.75, 3.05) is 0 Å². The Labute approximate surface area is 156 Å². The van der Waals surface area contributed by atoms with Gasteiger partial charge in [-0.25, -0.2) is 14.8 Å². The van der Waals surface area contributed by atoms with Gasteiger partial charge in [0.2, 0.25) is 0 Å². The Hall–Kier alpha value is -3.73. The molecule has 4 aromatic rings. The molecule has 2 heterocycles. The van der Waals surface area contributed by atoms with Gasteiger partial charge in [0.25, 0.3) is 0 Å². The number of carboxylic acids is 1. The van der Waals surface area contributed by atoms with E-state index in [1.54, 1.807) is 31.7 Å². The van der Waals surface area contributed by atoms with E-state index in [1.165, 1.54) is 0 Å². The van der Waals surface area contributed by atoms with Gasteiger partial charge >= 0.3 is 5.97 Å². The number of furan rings is 1. The highest BCUT2D eigenvalue weighted by Crippen LogP contribution is 2.27. The number of benzene rings is 2. The minimum absolute atomic E-state index is 0.302. The Kier molecular flexibility index (Phi) is 4.26. The van der Waals surface area contributed by atoms with E-state index in [9.17, 15) is 9.90 Å². The summed E-state index contributed by atoms with van der Waals surface area (Å²) in [6.45, 7) is 1.79. The Balaban J connectivity index is 1.75. The summed E-state index contributed by atoms with van der Waals surface area (Å²) in [7, 11) is 0. The highest BCUT2D eigenvalue weighted by molar-refractivity contribution is 5.91. The van der Waals surface area contributed by atoms with Crippen LogP contribution in [0.25, 0.3) is 33.8 Å². The summed E-state index contributed by atoms with van der Waals surface area (Å²) in [5.41, 5.74) is 5.31. The Morgan fingerprint density at radius 3 is 2.56 bits per heavy atom. The summed E-state index contributed by atoms with van der Waals surface area (Å²) >= 11 is 0. The normalized spacial score (nSPS) is 10.7. The van der Waals surface area contributed by atoms with Crippen LogP contribution < -0.4 is 0 Å². The predicted octanol–water partition coefficient (Wildman–Crippen LogP) is 5.08. The molecule has 0 radical (unpaired) electrons. The van der Waals surface area contributed by atoms with Gasteiger partial charge in [-0.3, -0.25) is 0 Å². The fraction of sp³-hybridized carbons (Fsp3) is 0.0455. The van der Waals surface area contributed by atoms with E-state index in [0.29, 0.717) is 11.4 Å². The fourth-order valence-electron chi connectivity index (χ4n) is 2.94. The lowest BCUT2D eigenvalue weighted by atomic mass is 9.98. The number of hydrogen-bond donors (Lipinski definition) is 1. The largest absolute Gasteiger partial charge is 0.478 e. The zero-order valence-electron chi connectivity index (χ0n) is 14.6. The maximum absolute atomic E-state index is 11.4. The van der Waals surface area contributed by atoms with Crippen molar-refractivity contribution in [3.63, 3.8) is 0 Å². The van der Waals surface area contributed by atoms with Crippen LogP contribution >= 0.6 is 0 Å². The Bertz CT molecular complexity index is 1120. The van der Waals surface area contributed by atoms with E-state index in [4.69, 9.17) is 4.42 Å². The number of aromatic carboxylic acids is 1. The van der Waals surface area contributed by atoms with Crippen LogP contribution in [0.15, 0.2) is 77.7 Å². The van der Waals surface area contributed by atoms with Crippen molar-refractivity contribution in [3.05, 3.63) is 84.4 Å². The summed E-state index contributed by atoms with van der Waals surface area (Å²) in [4.78, 5) is 20.4. The molecule has 2 aromatic heterocycles. The Morgan fingerprint density at radius 1 is 0.963 bits per heavy atom. The first-order chi connectivity index (χ1) is 13.1. The highest BCUT2D eigenvalue weighted by Gasteiger charge is 2.11. The summed E-state index contributed by atoms with van der Waals surface area (Å²) in [5.74, 6) is -0.331. The number of carboxylic acid groups (broad SMARTS) is 1. The lowest BCUT2D eigenvalue weighted by molar-refractivity contribution is 0.0696. The molecule has 0 spiro atoms. The van der Waals surface area contributed by atoms with Gasteiger partial charge in [0.05, 0.1) is 23.8 Å². The smallest absolute Gasteiger partial charge is 0.335 e. The molecule has 132 valence electrons. The molecule has 5 heteroatoms. The third-order valence-corrected chi connectivity index (χ3v) is 4.39. The van der Waals surface area contributed by atoms with Crippen molar-refractivity contribution in [2.24, 2.45) is 0 Å². The van der Waals surface area contributed by atoms with Crippen LogP contribution in [0.2, 0.25) is 0 Å². The summed E-state index contributed by atoms with van der Waals surface area (Å²) < 4.78 is 5.12. The van der Waals surface area contributed by atoms with E-state index in [0.717, 1.165) is 33.5 Å². The molecule has 27 heavy (non-hydrogen) atoms. The molecule has 0 atom stereocenters. The maximum Gasteiger partial charge on any atom is 0.335 e. The lowest BCUT2D eigenvalue weighted by Gasteiger charge is -2.08. The third-order valence-electron chi connectivity index (χ3n) is 4.39. The predicted molar refractivity (Wildman–Crippen MR) is 102 cm³/mol. The number of rotatable bonds is 4. The van der Waals surface area contributed by atoms with Gasteiger partial charge in [-0.15, -0.1) is 0 Å². The highest BCUT2D eigenvalue weighted by atomic mass is 16.4. The molecule has 0 amide bonds. The van der Waals surface area contributed by atoms with E-state index >= 15 is 0 Å². The van der Waals surface area contributed by atoms with E-state index in [2.05, 4.69) is 9.97 Å².